The van der Waals surface area contributed by atoms with Gasteiger partial charge in [-0.1, -0.05) is 32.5 Å². The lowest BCUT2D eigenvalue weighted by Crippen LogP contribution is -2.34. The number of sulfonamides is 1. The number of aromatic nitrogens is 3. The third kappa shape index (κ3) is 4.54. The van der Waals surface area contributed by atoms with Crippen LogP contribution in [0, 0.1) is 0 Å². The summed E-state index contributed by atoms with van der Waals surface area (Å²) in [6, 6.07) is 6.67. The maximum atomic E-state index is 12.7. The molecule has 0 fully saturated rings. The summed E-state index contributed by atoms with van der Waals surface area (Å²) in [6.45, 7) is 0. The van der Waals surface area contributed by atoms with E-state index in [2.05, 4.69) is 35.9 Å². The van der Waals surface area contributed by atoms with Gasteiger partial charge in [0.1, 0.15) is 6.33 Å². The van der Waals surface area contributed by atoms with Crippen molar-refractivity contribution in [2.45, 2.75) is 5.16 Å². The maximum absolute atomic E-state index is 12.7. The first-order valence-corrected chi connectivity index (χ1v) is 10.9. The van der Waals surface area contributed by atoms with Crippen LogP contribution in [0.4, 0.5) is 4.79 Å². The normalized spacial score (nSPS) is 12.5. The van der Waals surface area contributed by atoms with Crippen molar-refractivity contribution in [2.24, 2.45) is 5.10 Å². The van der Waals surface area contributed by atoms with Gasteiger partial charge in [-0.3, -0.25) is 0 Å². The van der Waals surface area contributed by atoms with E-state index in [0.717, 1.165) is 17.6 Å². The molecule has 152 valence electrons. The van der Waals surface area contributed by atoms with Crippen LogP contribution in [0.25, 0.3) is 0 Å². The van der Waals surface area contributed by atoms with Crippen molar-refractivity contribution < 1.29 is 26.4 Å². The smallest absolute Gasteiger partial charge is 0.445 e. The zero-order chi connectivity index (χ0) is 21.1. The minimum Gasteiger partial charge on any atom is -0.451 e. The molecule has 15 heteroatoms. The number of amides is 1. The fourth-order valence-electron chi connectivity index (χ4n) is 1.70. The van der Waals surface area contributed by atoms with Crippen molar-refractivity contribution in [2.75, 3.05) is 21.2 Å². The van der Waals surface area contributed by atoms with Gasteiger partial charge in [0.25, 0.3) is 5.16 Å². The van der Waals surface area contributed by atoms with E-state index in [1.54, 1.807) is 24.3 Å². The average Bonchev–Trinajstić information content (AvgIpc) is 3.13. The van der Waals surface area contributed by atoms with Gasteiger partial charge in [-0.2, -0.15) is 26.2 Å². The molecule has 1 heterocycles. The van der Waals surface area contributed by atoms with Crippen LogP contribution in [-0.4, -0.2) is 73.2 Å². The van der Waals surface area contributed by atoms with E-state index < -0.39 is 31.5 Å². The molecule has 1 amide bonds. The number of carbonyl (C=O) groups is 1. The molecule has 12 nitrogen and oxygen atoms in total. The molecule has 0 bridgehead atoms. The van der Waals surface area contributed by atoms with Gasteiger partial charge in [-0.15, -0.1) is 9.19 Å². The number of rotatable bonds is 6. The van der Waals surface area contributed by atoms with Crippen LogP contribution >= 0.6 is 15.9 Å². The first-order chi connectivity index (χ1) is 13.0. The van der Waals surface area contributed by atoms with E-state index in [0.29, 0.717) is 20.5 Å². The second-order valence-electron chi connectivity index (χ2n) is 5.21. The molecule has 0 N–H and O–H groups in total. The number of nitrogens with zero attached hydrogens (tertiary/aromatic N) is 6. The van der Waals surface area contributed by atoms with E-state index in [1.165, 1.54) is 14.1 Å². The molecular formula is C13H15BrN6O6S2. The Hall–Kier alpha value is -2.36. The molecule has 0 unspecified atom stereocenters. The number of hydrazone groups is 1. The highest BCUT2D eigenvalue weighted by molar-refractivity contribution is 9.10. The first kappa shape index (κ1) is 21.9. The third-order valence-electron chi connectivity index (χ3n) is 3.10. The lowest BCUT2D eigenvalue weighted by Gasteiger charge is -2.13. The highest BCUT2D eigenvalue weighted by atomic mass is 79.9. The number of methoxy groups -OCH3 is 1. The van der Waals surface area contributed by atoms with Crippen molar-refractivity contribution in [1.82, 2.24) is 22.9 Å². The number of halogens is 1. The second-order valence-corrected chi connectivity index (χ2v) is 9.78. The molecule has 2 rings (SSSR count). The predicted molar refractivity (Wildman–Crippen MR) is 101 cm³/mol. The standard InChI is InChI=1S/C13H15BrN6O6S2/c1-18(2)28(24,25)19-9-15-12(17-19)27(22,23)20(13(21)26-3)16-8-10-5-4-6-11(14)7-10/h4-9H,1-3H3/b16-8+. The number of benzene rings is 1. The molecule has 28 heavy (non-hydrogen) atoms. The summed E-state index contributed by atoms with van der Waals surface area (Å²) in [6.07, 6.45) is 0.459. The Morgan fingerprint density at radius 1 is 1.29 bits per heavy atom. The Bertz CT molecular complexity index is 1110. The monoisotopic (exact) mass is 494 g/mol. The van der Waals surface area contributed by atoms with Crippen LogP contribution in [0.3, 0.4) is 0 Å². The molecule has 0 radical (unpaired) electrons. The zero-order valence-corrected chi connectivity index (χ0v) is 18.0. The molecule has 0 aliphatic carbocycles. The minimum absolute atomic E-state index is 0.0237. The van der Waals surface area contributed by atoms with Crippen molar-refractivity contribution in [3.63, 3.8) is 0 Å². The largest absolute Gasteiger partial charge is 0.451 e. The van der Waals surface area contributed by atoms with E-state index in [1.807, 2.05) is 0 Å². The highest BCUT2D eigenvalue weighted by Gasteiger charge is 2.35. The lowest BCUT2D eigenvalue weighted by molar-refractivity contribution is 0.150. The van der Waals surface area contributed by atoms with Crippen molar-refractivity contribution in [3.8, 4) is 0 Å². The Morgan fingerprint density at radius 3 is 2.54 bits per heavy atom. The van der Waals surface area contributed by atoms with Gasteiger partial charge < -0.3 is 4.74 Å². The quantitative estimate of drug-likeness (QED) is 0.416. The Morgan fingerprint density at radius 2 is 1.96 bits per heavy atom. The second kappa shape index (κ2) is 8.34. The Labute approximate surface area is 169 Å². The molecule has 1 aromatic carbocycles. The fourth-order valence-corrected chi connectivity index (χ4v) is 3.82. The number of hydrogen-bond donors (Lipinski definition) is 0. The molecule has 0 spiro atoms. The number of carbonyl (C=O) groups excluding carboxylic acids is 1. The molecule has 0 saturated carbocycles. The van der Waals surface area contributed by atoms with E-state index in [-0.39, 0.29) is 4.41 Å². The Kier molecular flexibility index (Phi) is 6.53. The fraction of sp³-hybridized carbons (Fsp3) is 0.231. The van der Waals surface area contributed by atoms with E-state index in [9.17, 15) is 21.6 Å². The topological polar surface area (TPSA) is 144 Å². The lowest BCUT2D eigenvalue weighted by atomic mass is 10.2. The van der Waals surface area contributed by atoms with Gasteiger partial charge in [0.05, 0.1) is 13.3 Å². The van der Waals surface area contributed by atoms with Gasteiger partial charge >= 0.3 is 26.3 Å². The van der Waals surface area contributed by atoms with Gasteiger partial charge in [0, 0.05) is 18.6 Å². The van der Waals surface area contributed by atoms with E-state index >= 15 is 0 Å². The first-order valence-electron chi connectivity index (χ1n) is 7.27. The summed E-state index contributed by atoms with van der Waals surface area (Å²) in [5.74, 6) is 0. The SMILES string of the molecule is COC(=O)N(/N=C/c1cccc(Br)c1)S(=O)(=O)c1ncn(S(=O)(=O)N(C)C)n1. The van der Waals surface area contributed by atoms with E-state index in [4.69, 9.17) is 0 Å². The van der Waals surface area contributed by atoms with Crippen LogP contribution in [0.5, 0.6) is 0 Å². The maximum Gasteiger partial charge on any atom is 0.445 e. The summed E-state index contributed by atoms with van der Waals surface area (Å²) in [5.41, 5.74) is 0.479. The van der Waals surface area contributed by atoms with Crippen molar-refractivity contribution >= 4 is 48.5 Å². The molecule has 0 atom stereocenters. The van der Waals surface area contributed by atoms with Gasteiger partial charge in [0.15, 0.2) is 0 Å². The van der Waals surface area contributed by atoms with Crippen molar-refractivity contribution in [1.29, 1.82) is 0 Å². The molecule has 0 aliphatic rings. The zero-order valence-electron chi connectivity index (χ0n) is 14.8. The molecular weight excluding hydrogens is 480 g/mol. The molecule has 0 saturated heterocycles. The summed E-state index contributed by atoms with van der Waals surface area (Å²) in [4.78, 5) is 15.4. The molecule has 0 aliphatic heterocycles. The summed E-state index contributed by atoms with van der Waals surface area (Å²) in [5, 5.41) is 6.13. The highest BCUT2D eigenvalue weighted by Crippen LogP contribution is 2.15. The average molecular weight is 495 g/mol. The van der Waals surface area contributed by atoms with Crippen LogP contribution < -0.4 is 0 Å². The predicted octanol–water partition coefficient (Wildman–Crippen LogP) is 0.486. The molecule has 1 aromatic heterocycles. The summed E-state index contributed by atoms with van der Waals surface area (Å²) in [7, 11) is -5.41. The van der Waals surface area contributed by atoms with Gasteiger partial charge in [-0.05, 0) is 17.7 Å². The third-order valence-corrected chi connectivity index (χ3v) is 6.51. The van der Waals surface area contributed by atoms with Crippen LogP contribution in [-0.2, 0) is 25.0 Å². The van der Waals surface area contributed by atoms with Gasteiger partial charge in [0.2, 0.25) is 0 Å². The van der Waals surface area contributed by atoms with Gasteiger partial charge in [-0.25, -0.2) is 9.78 Å². The van der Waals surface area contributed by atoms with Crippen LogP contribution in [0.1, 0.15) is 5.56 Å². The Balaban J connectivity index is 2.46. The molecule has 2 aromatic rings. The summed E-state index contributed by atoms with van der Waals surface area (Å²) >= 11 is 3.25. The number of ether oxygens (including phenoxy) is 1. The minimum atomic E-state index is -4.73. The van der Waals surface area contributed by atoms with Crippen molar-refractivity contribution in [3.05, 3.63) is 40.6 Å². The van der Waals surface area contributed by atoms with Crippen LogP contribution in [0.15, 0.2) is 45.3 Å². The number of hydrogen-bond acceptors (Lipinski definition) is 9. The summed E-state index contributed by atoms with van der Waals surface area (Å²) < 4.78 is 55.8. The van der Waals surface area contributed by atoms with Crippen LogP contribution in [0.2, 0.25) is 0 Å².